The molecule has 0 aromatic carbocycles. The van der Waals surface area contributed by atoms with Crippen LogP contribution in [0.5, 0.6) is 0 Å². The normalized spacial score (nSPS) is 24.4. The molecule has 1 rings (SSSR count). The number of nitrogens with two attached hydrogens (primary N) is 1. The second-order valence-electron chi connectivity index (χ2n) is 5.30. The number of hydrogen-bond acceptors (Lipinski definition) is 3. The molecule has 1 aliphatic heterocycles. The van der Waals surface area contributed by atoms with Gasteiger partial charge in [-0.25, -0.2) is 0 Å². The van der Waals surface area contributed by atoms with Crippen LogP contribution in [-0.2, 0) is 10.2 Å². The first-order valence-electron chi connectivity index (χ1n) is 6.86. The van der Waals surface area contributed by atoms with Crippen molar-refractivity contribution in [2.45, 2.75) is 45.6 Å². The first-order chi connectivity index (χ1) is 8.39. The van der Waals surface area contributed by atoms with Gasteiger partial charge >= 0.3 is 0 Å². The van der Waals surface area contributed by atoms with E-state index in [0.29, 0.717) is 19.6 Å². The van der Waals surface area contributed by atoms with Gasteiger partial charge in [-0.1, -0.05) is 13.3 Å². The van der Waals surface area contributed by atoms with Gasteiger partial charge in [0.15, 0.2) is 0 Å². The molecule has 2 atom stereocenters. The van der Waals surface area contributed by atoms with Crippen LogP contribution in [0.3, 0.4) is 0 Å². The largest absolute Gasteiger partial charge is 0.328 e. The molecular formula is C12H27N3O2S. The maximum atomic E-state index is 12.4. The highest BCUT2D eigenvalue weighted by atomic mass is 32.2. The molecule has 0 radical (unpaired) electrons. The van der Waals surface area contributed by atoms with Gasteiger partial charge in [0.25, 0.3) is 10.2 Å². The van der Waals surface area contributed by atoms with Crippen LogP contribution in [-0.4, -0.2) is 49.8 Å². The summed E-state index contributed by atoms with van der Waals surface area (Å²) in [5.74, 6) is 0.285. The Bertz CT molecular complexity index is 343. The average molecular weight is 277 g/mol. The summed E-state index contributed by atoms with van der Waals surface area (Å²) in [6.45, 7) is 5.81. The van der Waals surface area contributed by atoms with Crippen LogP contribution in [0.1, 0.15) is 39.5 Å². The van der Waals surface area contributed by atoms with Gasteiger partial charge in [-0.05, 0) is 32.1 Å². The lowest BCUT2D eigenvalue weighted by Gasteiger charge is -2.35. The van der Waals surface area contributed by atoms with Crippen molar-refractivity contribution in [1.29, 1.82) is 0 Å². The van der Waals surface area contributed by atoms with Crippen LogP contribution in [0.15, 0.2) is 0 Å². The fourth-order valence-corrected chi connectivity index (χ4v) is 3.80. The Morgan fingerprint density at radius 2 is 2.17 bits per heavy atom. The van der Waals surface area contributed by atoms with E-state index in [1.165, 1.54) is 4.31 Å². The molecule has 0 aliphatic carbocycles. The fraction of sp³-hybridized carbons (Fsp3) is 1.00. The standard InChI is InChI=1S/C12H27N3O2S/c1-4-5-8-14(3)18(16,17)15-9-6-7-12(10-15)11(2)13/h11-12H,4-10,13H2,1-3H3. The minimum Gasteiger partial charge on any atom is -0.328 e. The lowest BCUT2D eigenvalue weighted by Crippen LogP contribution is -2.49. The van der Waals surface area contributed by atoms with E-state index >= 15 is 0 Å². The van der Waals surface area contributed by atoms with E-state index in [-0.39, 0.29) is 12.0 Å². The van der Waals surface area contributed by atoms with E-state index in [1.807, 2.05) is 6.92 Å². The molecule has 6 heteroatoms. The number of nitrogens with zero attached hydrogens (tertiary/aromatic N) is 2. The van der Waals surface area contributed by atoms with Crippen molar-refractivity contribution < 1.29 is 8.42 Å². The Labute approximate surface area is 112 Å². The molecule has 1 aliphatic rings. The maximum Gasteiger partial charge on any atom is 0.281 e. The highest BCUT2D eigenvalue weighted by molar-refractivity contribution is 7.86. The molecule has 1 fully saturated rings. The Morgan fingerprint density at radius 3 is 2.72 bits per heavy atom. The van der Waals surface area contributed by atoms with Gasteiger partial charge in [0.1, 0.15) is 0 Å². The van der Waals surface area contributed by atoms with Gasteiger partial charge in [0.2, 0.25) is 0 Å². The van der Waals surface area contributed by atoms with Crippen molar-refractivity contribution in [2.75, 3.05) is 26.7 Å². The quantitative estimate of drug-likeness (QED) is 0.788. The summed E-state index contributed by atoms with van der Waals surface area (Å²) in [6, 6.07) is 0.0592. The summed E-state index contributed by atoms with van der Waals surface area (Å²) >= 11 is 0. The van der Waals surface area contributed by atoms with Crippen LogP contribution >= 0.6 is 0 Å². The molecule has 1 heterocycles. The lowest BCUT2D eigenvalue weighted by molar-refractivity contribution is 0.231. The zero-order valence-corrected chi connectivity index (χ0v) is 12.6. The highest BCUT2D eigenvalue weighted by Crippen LogP contribution is 2.22. The first kappa shape index (κ1) is 15.9. The number of rotatable bonds is 6. The predicted molar refractivity (Wildman–Crippen MR) is 74.4 cm³/mol. The summed E-state index contributed by atoms with van der Waals surface area (Å²) in [7, 11) is -1.62. The zero-order valence-electron chi connectivity index (χ0n) is 11.8. The van der Waals surface area contributed by atoms with Gasteiger partial charge in [0, 0.05) is 32.7 Å². The third-order valence-corrected chi connectivity index (χ3v) is 5.67. The Kier molecular flexibility index (Phi) is 6.04. The van der Waals surface area contributed by atoms with E-state index in [4.69, 9.17) is 5.73 Å². The summed E-state index contributed by atoms with van der Waals surface area (Å²) in [6.07, 6.45) is 3.85. The molecule has 2 N–H and O–H groups in total. The molecule has 108 valence electrons. The third-order valence-electron chi connectivity index (χ3n) is 3.71. The minimum absolute atomic E-state index is 0.0592. The smallest absolute Gasteiger partial charge is 0.281 e. The van der Waals surface area contributed by atoms with Crippen molar-refractivity contribution in [2.24, 2.45) is 11.7 Å². The highest BCUT2D eigenvalue weighted by Gasteiger charge is 2.32. The molecule has 2 unspecified atom stereocenters. The Hall–Kier alpha value is -0.170. The lowest BCUT2D eigenvalue weighted by atomic mass is 9.93. The molecule has 0 amide bonds. The van der Waals surface area contributed by atoms with Gasteiger partial charge in [-0.3, -0.25) is 0 Å². The molecule has 0 aromatic heterocycles. The van der Waals surface area contributed by atoms with Crippen molar-refractivity contribution in [3.8, 4) is 0 Å². The van der Waals surface area contributed by atoms with Gasteiger partial charge in [-0.15, -0.1) is 0 Å². The van der Waals surface area contributed by atoms with Crippen LogP contribution in [0.25, 0.3) is 0 Å². The van der Waals surface area contributed by atoms with Crippen molar-refractivity contribution in [3.05, 3.63) is 0 Å². The molecule has 0 saturated carbocycles. The number of piperidine rings is 1. The topological polar surface area (TPSA) is 66.6 Å². The summed E-state index contributed by atoms with van der Waals surface area (Å²) in [5.41, 5.74) is 5.89. The Morgan fingerprint density at radius 1 is 1.50 bits per heavy atom. The minimum atomic E-state index is -3.29. The molecule has 0 aromatic rings. The van der Waals surface area contributed by atoms with Crippen LogP contribution in [0.2, 0.25) is 0 Å². The van der Waals surface area contributed by atoms with Crippen molar-refractivity contribution in [1.82, 2.24) is 8.61 Å². The van der Waals surface area contributed by atoms with Crippen LogP contribution in [0, 0.1) is 5.92 Å². The zero-order chi connectivity index (χ0) is 13.8. The second kappa shape index (κ2) is 6.84. The average Bonchev–Trinajstić information content (AvgIpc) is 2.35. The maximum absolute atomic E-state index is 12.4. The second-order valence-corrected chi connectivity index (χ2v) is 7.34. The van der Waals surface area contributed by atoms with E-state index < -0.39 is 10.2 Å². The van der Waals surface area contributed by atoms with Gasteiger partial charge in [0.05, 0.1) is 0 Å². The molecular weight excluding hydrogens is 250 g/mol. The molecule has 1 saturated heterocycles. The monoisotopic (exact) mass is 277 g/mol. The summed E-state index contributed by atoms with van der Waals surface area (Å²) in [5, 5.41) is 0. The van der Waals surface area contributed by atoms with E-state index in [2.05, 4.69) is 6.92 Å². The van der Waals surface area contributed by atoms with Crippen molar-refractivity contribution in [3.63, 3.8) is 0 Å². The fourth-order valence-electron chi connectivity index (χ4n) is 2.31. The SMILES string of the molecule is CCCCN(C)S(=O)(=O)N1CCCC(C(C)N)C1. The summed E-state index contributed by atoms with van der Waals surface area (Å²) in [4.78, 5) is 0. The van der Waals surface area contributed by atoms with Gasteiger partial charge < -0.3 is 5.73 Å². The van der Waals surface area contributed by atoms with Crippen molar-refractivity contribution >= 4 is 10.2 Å². The van der Waals surface area contributed by atoms with Crippen LogP contribution < -0.4 is 5.73 Å². The molecule has 5 nitrogen and oxygen atoms in total. The Balaban J connectivity index is 2.66. The predicted octanol–water partition coefficient (Wildman–Crippen LogP) is 1.02. The van der Waals surface area contributed by atoms with E-state index in [0.717, 1.165) is 25.7 Å². The van der Waals surface area contributed by atoms with Crippen LogP contribution in [0.4, 0.5) is 0 Å². The molecule has 0 spiro atoms. The number of hydrogen-bond donors (Lipinski definition) is 1. The van der Waals surface area contributed by atoms with E-state index in [1.54, 1.807) is 11.4 Å². The molecule has 18 heavy (non-hydrogen) atoms. The molecule has 0 bridgehead atoms. The summed E-state index contributed by atoms with van der Waals surface area (Å²) < 4.78 is 27.8. The first-order valence-corrected chi connectivity index (χ1v) is 8.26. The van der Waals surface area contributed by atoms with E-state index in [9.17, 15) is 8.42 Å². The third kappa shape index (κ3) is 3.91. The van der Waals surface area contributed by atoms with Gasteiger partial charge in [-0.2, -0.15) is 17.0 Å². The number of unbranched alkanes of at least 4 members (excludes halogenated alkanes) is 1.